The van der Waals surface area contributed by atoms with E-state index in [4.69, 9.17) is 11.6 Å². The van der Waals surface area contributed by atoms with Crippen molar-refractivity contribution in [1.29, 1.82) is 0 Å². The van der Waals surface area contributed by atoms with Crippen molar-refractivity contribution < 1.29 is 22.8 Å². The molecule has 1 heterocycles. The molecular formula is C18H12ClF3N2O2S. The van der Waals surface area contributed by atoms with Crippen LogP contribution in [0.4, 0.5) is 24.5 Å². The SMILES string of the molecule is O=C(/C=C/c1ccc(Cl)c(C(F)(F)F)c1)Nc1ccc2c(c1)NC(=O)CS2. The third kappa shape index (κ3) is 4.84. The molecule has 1 aliphatic heterocycles. The first kappa shape index (κ1) is 19.3. The minimum Gasteiger partial charge on any atom is -0.324 e. The first-order valence-corrected chi connectivity index (χ1v) is 9.01. The molecule has 0 bridgehead atoms. The van der Waals surface area contributed by atoms with Gasteiger partial charge in [-0.15, -0.1) is 11.8 Å². The first-order valence-electron chi connectivity index (χ1n) is 7.65. The summed E-state index contributed by atoms with van der Waals surface area (Å²) >= 11 is 6.96. The molecule has 27 heavy (non-hydrogen) atoms. The Labute approximate surface area is 161 Å². The summed E-state index contributed by atoms with van der Waals surface area (Å²) in [4.78, 5) is 24.3. The van der Waals surface area contributed by atoms with Crippen molar-refractivity contribution in [3.63, 3.8) is 0 Å². The van der Waals surface area contributed by atoms with Gasteiger partial charge < -0.3 is 10.6 Å². The zero-order chi connectivity index (χ0) is 19.6. The Morgan fingerprint density at radius 1 is 1.22 bits per heavy atom. The molecule has 0 radical (unpaired) electrons. The van der Waals surface area contributed by atoms with E-state index in [9.17, 15) is 22.8 Å². The monoisotopic (exact) mass is 412 g/mol. The fourth-order valence-electron chi connectivity index (χ4n) is 2.38. The van der Waals surface area contributed by atoms with Crippen LogP contribution in [0.15, 0.2) is 47.4 Å². The summed E-state index contributed by atoms with van der Waals surface area (Å²) in [6.45, 7) is 0. The number of hydrogen-bond acceptors (Lipinski definition) is 3. The number of halogens is 4. The van der Waals surface area contributed by atoms with Crippen LogP contribution in [0.5, 0.6) is 0 Å². The van der Waals surface area contributed by atoms with E-state index >= 15 is 0 Å². The Balaban J connectivity index is 1.71. The van der Waals surface area contributed by atoms with Crippen molar-refractivity contribution in [2.45, 2.75) is 11.1 Å². The van der Waals surface area contributed by atoms with Gasteiger partial charge in [-0.05, 0) is 42.0 Å². The molecule has 2 aromatic carbocycles. The van der Waals surface area contributed by atoms with E-state index in [0.717, 1.165) is 23.1 Å². The Bertz CT molecular complexity index is 945. The number of amides is 2. The number of thioether (sulfide) groups is 1. The van der Waals surface area contributed by atoms with Crippen LogP contribution in [0, 0.1) is 0 Å². The molecule has 2 aromatic rings. The van der Waals surface area contributed by atoms with E-state index in [1.165, 1.54) is 23.9 Å². The summed E-state index contributed by atoms with van der Waals surface area (Å²) in [5.41, 5.74) is 0.287. The van der Waals surface area contributed by atoms with Gasteiger partial charge in [-0.2, -0.15) is 13.2 Å². The lowest BCUT2D eigenvalue weighted by Gasteiger charge is -2.17. The maximum Gasteiger partial charge on any atom is 0.417 e. The molecule has 1 aliphatic rings. The van der Waals surface area contributed by atoms with E-state index in [2.05, 4.69) is 10.6 Å². The predicted molar refractivity (Wildman–Crippen MR) is 99.9 cm³/mol. The maximum atomic E-state index is 12.9. The van der Waals surface area contributed by atoms with Crippen LogP contribution < -0.4 is 10.6 Å². The van der Waals surface area contributed by atoms with Gasteiger partial charge >= 0.3 is 6.18 Å². The van der Waals surface area contributed by atoms with Crippen molar-refractivity contribution in [2.75, 3.05) is 16.4 Å². The minimum absolute atomic E-state index is 0.126. The number of alkyl halides is 3. The van der Waals surface area contributed by atoms with E-state index in [1.54, 1.807) is 18.2 Å². The number of hydrogen-bond donors (Lipinski definition) is 2. The maximum absolute atomic E-state index is 12.9. The average Bonchev–Trinajstić information content (AvgIpc) is 2.59. The molecule has 2 amide bonds. The van der Waals surface area contributed by atoms with E-state index in [1.807, 2.05) is 0 Å². The molecule has 9 heteroatoms. The Morgan fingerprint density at radius 2 is 2.00 bits per heavy atom. The summed E-state index contributed by atoms with van der Waals surface area (Å²) in [5.74, 6) is -0.310. The van der Waals surface area contributed by atoms with E-state index < -0.39 is 22.7 Å². The lowest BCUT2D eigenvalue weighted by molar-refractivity contribution is -0.137. The summed E-state index contributed by atoms with van der Waals surface area (Å²) in [7, 11) is 0. The van der Waals surface area contributed by atoms with E-state index in [0.29, 0.717) is 17.1 Å². The number of anilines is 2. The van der Waals surface area contributed by atoms with Crippen LogP contribution >= 0.6 is 23.4 Å². The molecule has 4 nitrogen and oxygen atoms in total. The lowest BCUT2D eigenvalue weighted by Crippen LogP contribution is -2.19. The van der Waals surface area contributed by atoms with E-state index in [-0.39, 0.29) is 11.5 Å². The van der Waals surface area contributed by atoms with Gasteiger partial charge in [0.2, 0.25) is 11.8 Å². The number of rotatable bonds is 3. The summed E-state index contributed by atoms with van der Waals surface area (Å²) < 4.78 is 38.6. The van der Waals surface area contributed by atoms with Crippen molar-refractivity contribution in [2.24, 2.45) is 0 Å². The molecule has 0 aliphatic carbocycles. The third-order valence-corrected chi connectivity index (χ3v) is 5.01. The van der Waals surface area contributed by atoms with Crippen LogP contribution in [0.25, 0.3) is 6.08 Å². The van der Waals surface area contributed by atoms with Crippen LogP contribution in [0.2, 0.25) is 5.02 Å². The molecule has 140 valence electrons. The van der Waals surface area contributed by atoms with Crippen molar-refractivity contribution in [3.05, 3.63) is 58.6 Å². The van der Waals surface area contributed by atoms with Crippen LogP contribution in [-0.4, -0.2) is 17.6 Å². The van der Waals surface area contributed by atoms with Crippen molar-refractivity contribution in [1.82, 2.24) is 0 Å². The van der Waals surface area contributed by atoms with Gasteiger partial charge in [0, 0.05) is 16.7 Å². The van der Waals surface area contributed by atoms with Gasteiger partial charge in [-0.1, -0.05) is 17.7 Å². The predicted octanol–water partition coefficient (Wildman–Crippen LogP) is 5.05. The lowest BCUT2D eigenvalue weighted by atomic mass is 10.1. The topological polar surface area (TPSA) is 58.2 Å². The molecule has 2 N–H and O–H groups in total. The zero-order valence-electron chi connectivity index (χ0n) is 13.6. The molecule has 0 atom stereocenters. The second kappa shape index (κ2) is 7.66. The highest BCUT2D eigenvalue weighted by Gasteiger charge is 2.33. The summed E-state index contributed by atoms with van der Waals surface area (Å²) in [6, 6.07) is 8.46. The largest absolute Gasteiger partial charge is 0.417 e. The van der Waals surface area contributed by atoms with Gasteiger partial charge in [0.1, 0.15) is 0 Å². The van der Waals surface area contributed by atoms with Gasteiger partial charge in [0.05, 0.1) is 22.0 Å². The number of benzene rings is 2. The molecule has 0 spiro atoms. The fraction of sp³-hybridized carbons (Fsp3) is 0.111. The minimum atomic E-state index is -4.57. The van der Waals surface area contributed by atoms with Gasteiger partial charge in [-0.25, -0.2) is 0 Å². The standard InChI is InChI=1S/C18H12ClF3N2O2S/c19-13-4-1-10(7-12(13)18(20,21)22)2-6-16(25)23-11-3-5-15-14(8-11)24-17(26)9-27-15/h1-8H,9H2,(H,23,25)(H,24,26)/b6-2+. The zero-order valence-corrected chi connectivity index (χ0v) is 15.1. The van der Waals surface area contributed by atoms with Crippen molar-refractivity contribution in [3.8, 4) is 0 Å². The number of carbonyl (C=O) groups is 2. The van der Waals surface area contributed by atoms with Gasteiger partial charge in [0.25, 0.3) is 0 Å². The summed E-state index contributed by atoms with van der Waals surface area (Å²) in [6.07, 6.45) is -2.19. The summed E-state index contributed by atoms with van der Waals surface area (Å²) in [5, 5.41) is 4.90. The molecule has 0 unspecified atom stereocenters. The third-order valence-electron chi connectivity index (χ3n) is 3.60. The van der Waals surface area contributed by atoms with Crippen LogP contribution in [-0.2, 0) is 15.8 Å². The second-order valence-electron chi connectivity index (χ2n) is 5.61. The number of nitrogens with one attached hydrogen (secondary N) is 2. The fourth-order valence-corrected chi connectivity index (χ4v) is 3.39. The molecule has 0 aromatic heterocycles. The smallest absolute Gasteiger partial charge is 0.324 e. The number of fused-ring (bicyclic) bond motifs is 1. The molecule has 0 fully saturated rings. The molecule has 3 rings (SSSR count). The highest BCUT2D eigenvalue weighted by atomic mass is 35.5. The van der Waals surface area contributed by atoms with Crippen LogP contribution in [0.3, 0.4) is 0 Å². The van der Waals surface area contributed by atoms with Gasteiger partial charge in [-0.3, -0.25) is 9.59 Å². The Kier molecular flexibility index (Phi) is 5.48. The molecule has 0 saturated carbocycles. The highest BCUT2D eigenvalue weighted by molar-refractivity contribution is 8.00. The highest BCUT2D eigenvalue weighted by Crippen LogP contribution is 2.35. The number of carbonyl (C=O) groups excluding carboxylic acids is 2. The van der Waals surface area contributed by atoms with Crippen LogP contribution in [0.1, 0.15) is 11.1 Å². The van der Waals surface area contributed by atoms with Crippen molar-refractivity contribution >= 4 is 52.6 Å². The average molecular weight is 413 g/mol. The Hall–Kier alpha value is -2.45. The molecule has 0 saturated heterocycles. The molecular weight excluding hydrogens is 401 g/mol. The van der Waals surface area contributed by atoms with Gasteiger partial charge in [0.15, 0.2) is 0 Å². The quantitative estimate of drug-likeness (QED) is 0.693. The normalized spacial score (nSPS) is 14.0. The Morgan fingerprint density at radius 3 is 2.74 bits per heavy atom. The first-order chi connectivity index (χ1) is 12.7. The second-order valence-corrected chi connectivity index (χ2v) is 7.03.